The fourth-order valence-corrected chi connectivity index (χ4v) is 3.11. The molecule has 3 rings (SSSR count). The van der Waals surface area contributed by atoms with Gasteiger partial charge in [-0.2, -0.15) is 5.10 Å². The molecule has 1 saturated heterocycles. The second kappa shape index (κ2) is 6.36. The van der Waals surface area contributed by atoms with Gasteiger partial charge in [0.05, 0.1) is 17.3 Å². The summed E-state index contributed by atoms with van der Waals surface area (Å²) in [4.78, 5) is 12.4. The quantitative estimate of drug-likeness (QED) is 0.877. The molecule has 1 saturated carbocycles. The maximum absolute atomic E-state index is 12.4. The Balaban J connectivity index is 1.70. The number of anilines is 1. The summed E-state index contributed by atoms with van der Waals surface area (Å²) in [5.41, 5.74) is 0.371. The molecule has 0 spiro atoms. The van der Waals surface area contributed by atoms with Gasteiger partial charge in [-0.05, 0) is 31.6 Å². The van der Waals surface area contributed by atoms with Gasteiger partial charge in [0.2, 0.25) is 0 Å². The summed E-state index contributed by atoms with van der Waals surface area (Å²) in [5, 5.41) is 7.78. The lowest BCUT2D eigenvalue weighted by Gasteiger charge is -2.18. The van der Waals surface area contributed by atoms with E-state index >= 15 is 0 Å². The first-order chi connectivity index (χ1) is 10.2. The van der Waals surface area contributed by atoms with Crippen molar-refractivity contribution in [2.24, 2.45) is 11.8 Å². The third kappa shape index (κ3) is 3.40. The zero-order valence-electron chi connectivity index (χ0n) is 12.3. The number of nitrogens with zero attached hydrogens (tertiary/aromatic N) is 2. The Morgan fingerprint density at radius 1 is 1.48 bits per heavy atom. The molecule has 2 aliphatic rings. The zero-order valence-corrected chi connectivity index (χ0v) is 13.1. The molecular weight excluding hydrogens is 290 g/mol. The monoisotopic (exact) mass is 311 g/mol. The lowest BCUT2D eigenvalue weighted by molar-refractivity contribution is 0.0900. The Hall–Kier alpha value is -1.07. The number of hydrogen-bond acceptors (Lipinski definition) is 4. The van der Waals surface area contributed by atoms with E-state index < -0.39 is 0 Å². The molecule has 0 radical (unpaired) electrons. The summed E-state index contributed by atoms with van der Waals surface area (Å²) >= 11 is 6.14. The summed E-state index contributed by atoms with van der Waals surface area (Å²) in [6.07, 6.45) is 6.27. The topological polar surface area (TPSA) is 56.1 Å². The van der Waals surface area contributed by atoms with Crippen LogP contribution in [0.4, 0.5) is 5.69 Å². The van der Waals surface area contributed by atoms with E-state index in [4.69, 9.17) is 16.3 Å². The molecule has 1 aromatic rings. The molecule has 2 fully saturated rings. The van der Waals surface area contributed by atoms with Crippen LogP contribution in [0, 0.1) is 11.8 Å². The van der Waals surface area contributed by atoms with Crippen molar-refractivity contribution >= 4 is 17.3 Å². The Kier molecular flexibility index (Phi) is 4.50. The molecule has 2 heterocycles. The third-order valence-corrected chi connectivity index (χ3v) is 4.70. The number of ether oxygens (including phenoxy) is 1. The maximum Gasteiger partial charge on any atom is 0.291 e. The van der Waals surface area contributed by atoms with Crippen molar-refractivity contribution in [2.45, 2.75) is 45.3 Å². The molecule has 0 bridgehead atoms. The van der Waals surface area contributed by atoms with Gasteiger partial charge in [0.25, 0.3) is 5.56 Å². The lowest BCUT2D eigenvalue weighted by atomic mass is 10.00. The molecule has 0 aromatic carbocycles. The number of rotatable bonds is 6. The van der Waals surface area contributed by atoms with Gasteiger partial charge in [-0.25, -0.2) is 4.68 Å². The van der Waals surface area contributed by atoms with E-state index in [0.717, 1.165) is 26.0 Å². The highest BCUT2D eigenvalue weighted by atomic mass is 35.5. The minimum Gasteiger partial charge on any atom is -0.379 e. The Labute approximate surface area is 129 Å². The molecule has 1 aliphatic carbocycles. The lowest BCUT2D eigenvalue weighted by Crippen LogP contribution is -2.30. The van der Waals surface area contributed by atoms with E-state index in [2.05, 4.69) is 17.3 Å². The first-order valence-corrected chi connectivity index (χ1v) is 8.18. The molecule has 6 heteroatoms. The van der Waals surface area contributed by atoms with Crippen LogP contribution < -0.4 is 10.9 Å². The normalized spacial score (nSPS) is 25.2. The predicted molar refractivity (Wildman–Crippen MR) is 82.9 cm³/mol. The van der Waals surface area contributed by atoms with E-state index in [1.807, 2.05) is 0 Å². The summed E-state index contributed by atoms with van der Waals surface area (Å²) in [5.74, 6) is 1.05. The molecule has 1 aliphatic heterocycles. The van der Waals surface area contributed by atoms with Crippen LogP contribution >= 0.6 is 11.6 Å². The van der Waals surface area contributed by atoms with Gasteiger partial charge < -0.3 is 10.1 Å². The van der Waals surface area contributed by atoms with Crippen molar-refractivity contribution in [3.8, 4) is 0 Å². The van der Waals surface area contributed by atoms with Crippen molar-refractivity contribution in [2.75, 3.05) is 18.5 Å². The third-order valence-electron chi connectivity index (χ3n) is 4.42. The summed E-state index contributed by atoms with van der Waals surface area (Å²) < 4.78 is 7.22. The van der Waals surface area contributed by atoms with E-state index in [1.54, 1.807) is 6.20 Å². The van der Waals surface area contributed by atoms with Crippen LogP contribution in [-0.4, -0.2) is 29.0 Å². The van der Waals surface area contributed by atoms with E-state index in [9.17, 15) is 4.79 Å². The average molecular weight is 312 g/mol. The predicted octanol–water partition coefficient (Wildman–Crippen LogP) is 2.53. The van der Waals surface area contributed by atoms with Gasteiger partial charge >= 0.3 is 0 Å². The molecule has 5 nitrogen and oxygen atoms in total. The van der Waals surface area contributed by atoms with Gasteiger partial charge in [0, 0.05) is 25.6 Å². The number of nitrogens with one attached hydrogen (secondary N) is 1. The highest BCUT2D eigenvalue weighted by Gasteiger charge is 2.27. The van der Waals surface area contributed by atoms with Crippen molar-refractivity contribution in [1.82, 2.24) is 9.78 Å². The van der Waals surface area contributed by atoms with Gasteiger partial charge in [-0.15, -0.1) is 0 Å². The van der Waals surface area contributed by atoms with Crippen molar-refractivity contribution < 1.29 is 4.74 Å². The second-order valence-corrected chi connectivity index (χ2v) is 6.45. The second-order valence-electron chi connectivity index (χ2n) is 6.05. The van der Waals surface area contributed by atoms with Crippen LogP contribution in [0.1, 0.15) is 32.6 Å². The van der Waals surface area contributed by atoms with Crippen LogP contribution in [0.3, 0.4) is 0 Å². The Bertz CT molecular complexity index is 556. The fraction of sp³-hybridized carbons (Fsp3) is 0.733. The minimum atomic E-state index is -0.110. The molecule has 2 atom stereocenters. The molecule has 21 heavy (non-hydrogen) atoms. The van der Waals surface area contributed by atoms with Crippen LogP contribution in [0.5, 0.6) is 0 Å². The van der Waals surface area contributed by atoms with E-state index in [1.165, 1.54) is 17.5 Å². The maximum atomic E-state index is 12.4. The van der Waals surface area contributed by atoms with Gasteiger partial charge in [-0.3, -0.25) is 4.79 Å². The summed E-state index contributed by atoms with van der Waals surface area (Å²) in [6.45, 7) is 4.36. The first-order valence-electron chi connectivity index (χ1n) is 7.80. The van der Waals surface area contributed by atoms with Gasteiger partial charge in [-0.1, -0.05) is 18.5 Å². The standard InChI is InChI=1S/C15H22ClN3O2/c1-2-13-11(5-6-21-13)7-17-14-12(16)8-18-19(15(14)20)9-10-3-4-10/h8,10-11,13,17H,2-7,9H2,1H3. The number of aromatic nitrogens is 2. The highest BCUT2D eigenvalue weighted by Crippen LogP contribution is 2.30. The van der Waals surface area contributed by atoms with Crippen LogP contribution in [-0.2, 0) is 11.3 Å². The molecule has 0 amide bonds. The Morgan fingerprint density at radius 3 is 3.00 bits per heavy atom. The van der Waals surface area contributed by atoms with Crippen LogP contribution in [0.2, 0.25) is 5.02 Å². The summed E-state index contributed by atoms with van der Waals surface area (Å²) in [7, 11) is 0. The minimum absolute atomic E-state index is 0.110. The first kappa shape index (κ1) is 14.9. The fourth-order valence-electron chi connectivity index (χ4n) is 2.91. The molecule has 116 valence electrons. The van der Waals surface area contributed by atoms with E-state index in [0.29, 0.717) is 29.1 Å². The zero-order chi connectivity index (χ0) is 14.8. The van der Waals surface area contributed by atoms with Crippen LogP contribution in [0.15, 0.2) is 11.0 Å². The molecule has 1 N–H and O–H groups in total. The largest absolute Gasteiger partial charge is 0.379 e. The summed E-state index contributed by atoms with van der Waals surface area (Å²) in [6, 6.07) is 0. The molecule has 1 aromatic heterocycles. The van der Waals surface area contributed by atoms with Crippen molar-refractivity contribution in [1.29, 1.82) is 0 Å². The van der Waals surface area contributed by atoms with Crippen molar-refractivity contribution in [3.05, 3.63) is 21.6 Å². The number of halogens is 1. The highest BCUT2D eigenvalue weighted by molar-refractivity contribution is 6.32. The Morgan fingerprint density at radius 2 is 2.29 bits per heavy atom. The smallest absolute Gasteiger partial charge is 0.291 e. The number of hydrogen-bond donors (Lipinski definition) is 1. The van der Waals surface area contributed by atoms with Gasteiger partial charge in [0.1, 0.15) is 5.69 Å². The van der Waals surface area contributed by atoms with Gasteiger partial charge in [0.15, 0.2) is 0 Å². The van der Waals surface area contributed by atoms with Crippen LogP contribution in [0.25, 0.3) is 0 Å². The average Bonchev–Trinajstić information content (AvgIpc) is 3.18. The van der Waals surface area contributed by atoms with E-state index in [-0.39, 0.29) is 11.7 Å². The molecule has 2 unspecified atom stereocenters. The van der Waals surface area contributed by atoms with Crippen molar-refractivity contribution in [3.63, 3.8) is 0 Å². The molecular formula is C15H22ClN3O2. The SMILES string of the molecule is CCC1OCCC1CNc1c(Cl)cnn(CC2CC2)c1=O.